The lowest BCUT2D eigenvalue weighted by molar-refractivity contribution is 0.289. The third-order valence-corrected chi connectivity index (χ3v) is 4.18. The molecule has 2 aromatic rings. The predicted octanol–water partition coefficient (Wildman–Crippen LogP) is 4.93. The Balaban J connectivity index is 1.84. The van der Waals surface area contributed by atoms with Crippen molar-refractivity contribution >= 4 is 38.9 Å². The van der Waals surface area contributed by atoms with E-state index >= 15 is 0 Å². The molecule has 0 amide bonds. The largest absolute Gasteiger partial charge is 0.490 e. The van der Waals surface area contributed by atoms with Crippen LogP contribution in [0.5, 0.6) is 5.75 Å². The van der Waals surface area contributed by atoms with Crippen LogP contribution in [0, 0.1) is 11.6 Å². The summed E-state index contributed by atoms with van der Waals surface area (Å²) in [7, 11) is 0. The van der Waals surface area contributed by atoms with Crippen molar-refractivity contribution in [2.75, 3.05) is 6.61 Å². The van der Waals surface area contributed by atoms with E-state index in [1.165, 1.54) is 17.4 Å². The standard InChI is InChI=1S/C13H11BrClF2NOS/c14-8-4-10(16)13(17)11(5-8)19-3-1-2-12-18-9(6-15)7-20-12/h4-5,7H,1-3,6H2. The molecule has 0 radical (unpaired) electrons. The maximum Gasteiger partial charge on any atom is 0.200 e. The minimum Gasteiger partial charge on any atom is -0.490 e. The van der Waals surface area contributed by atoms with Crippen LogP contribution in [0.3, 0.4) is 0 Å². The number of benzene rings is 1. The lowest BCUT2D eigenvalue weighted by Crippen LogP contribution is -2.02. The monoisotopic (exact) mass is 381 g/mol. The molecule has 0 atom stereocenters. The van der Waals surface area contributed by atoms with E-state index in [1.54, 1.807) is 0 Å². The average molecular weight is 383 g/mol. The smallest absolute Gasteiger partial charge is 0.200 e. The molecule has 0 unspecified atom stereocenters. The second-order valence-corrected chi connectivity index (χ2v) is 6.14. The molecule has 0 fully saturated rings. The first kappa shape index (κ1) is 15.7. The van der Waals surface area contributed by atoms with Gasteiger partial charge in [0.2, 0.25) is 5.82 Å². The van der Waals surface area contributed by atoms with Crippen LogP contribution in [-0.4, -0.2) is 11.6 Å². The lowest BCUT2D eigenvalue weighted by Gasteiger charge is -2.07. The molecule has 1 heterocycles. The maximum absolute atomic E-state index is 13.4. The molecule has 2 rings (SSSR count). The van der Waals surface area contributed by atoms with E-state index in [1.807, 2.05) is 5.38 Å². The van der Waals surface area contributed by atoms with Gasteiger partial charge in [-0.3, -0.25) is 0 Å². The molecule has 0 aliphatic carbocycles. The van der Waals surface area contributed by atoms with Gasteiger partial charge in [-0.1, -0.05) is 15.9 Å². The SMILES string of the molecule is Fc1cc(Br)cc(OCCCc2nc(CCl)cs2)c1F. The molecule has 2 nitrogen and oxygen atoms in total. The van der Waals surface area contributed by atoms with Gasteiger partial charge < -0.3 is 4.74 Å². The minimum absolute atomic E-state index is 0.0857. The van der Waals surface area contributed by atoms with Gasteiger partial charge in [0, 0.05) is 16.3 Å². The fourth-order valence-electron chi connectivity index (χ4n) is 1.57. The van der Waals surface area contributed by atoms with Gasteiger partial charge in [-0.15, -0.1) is 22.9 Å². The van der Waals surface area contributed by atoms with Crippen LogP contribution in [0.1, 0.15) is 17.1 Å². The molecule has 1 aromatic heterocycles. The van der Waals surface area contributed by atoms with Crippen LogP contribution in [0.15, 0.2) is 22.0 Å². The lowest BCUT2D eigenvalue weighted by atomic mass is 10.3. The molecule has 20 heavy (non-hydrogen) atoms. The van der Waals surface area contributed by atoms with Crippen LogP contribution >= 0.6 is 38.9 Å². The van der Waals surface area contributed by atoms with Gasteiger partial charge in [0.15, 0.2) is 11.6 Å². The van der Waals surface area contributed by atoms with Crippen LogP contribution in [-0.2, 0) is 12.3 Å². The summed E-state index contributed by atoms with van der Waals surface area (Å²) < 4.78 is 32.3. The molecule has 108 valence electrons. The number of ether oxygens (including phenoxy) is 1. The van der Waals surface area contributed by atoms with Gasteiger partial charge in [0.05, 0.1) is 23.2 Å². The summed E-state index contributed by atoms with van der Waals surface area (Å²) in [6.07, 6.45) is 1.39. The predicted molar refractivity (Wildman–Crippen MR) is 79.5 cm³/mol. The molecule has 0 bridgehead atoms. The van der Waals surface area contributed by atoms with Crippen molar-refractivity contribution in [3.8, 4) is 5.75 Å². The molecule has 0 saturated heterocycles. The second-order valence-electron chi connectivity index (χ2n) is 4.02. The van der Waals surface area contributed by atoms with Crippen molar-refractivity contribution in [1.82, 2.24) is 4.98 Å². The number of halogens is 4. The number of nitrogens with zero attached hydrogens (tertiary/aromatic N) is 1. The average Bonchev–Trinajstić information content (AvgIpc) is 2.88. The fourth-order valence-corrected chi connectivity index (χ4v) is 3.05. The van der Waals surface area contributed by atoms with Gasteiger partial charge in [0.25, 0.3) is 0 Å². The van der Waals surface area contributed by atoms with E-state index in [-0.39, 0.29) is 5.75 Å². The van der Waals surface area contributed by atoms with Gasteiger partial charge >= 0.3 is 0 Å². The Morgan fingerprint density at radius 3 is 2.85 bits per heavy atom. The highest BCUT2D eigenvalue weighted by Crippen LogP contribution is 2.25. The van der Waals surface area contributed by atoms with E-state index in [9.17, 15) is 8.78 Å². The summed E-state index contributed by atoms with van der Waals surface area (Å²) in [6.45, 7) is 0.294. The van der Waals surface area contributed by atoms with Crippen LogP contribution in [0.2, 0.25) is 0 Å². The maximum atomic E-state index is 13.4. The Morgan fingerprint density at radius 2 is 2.15 bits per heavy atom. The van der Waals surface area contributed by atoms with Crippen LogP contribution in [0.25, 0.3) is 0 Å². The Bertz CT molecular complexity index is 594. The highest BCUT2D eigenvalue weighted by molar-refractivity contribution is 9.10. The van der Waals surface area contributed by atoms with Gasteiger partial charge in [-0.05, 0) is 18.6 Å². The molecular formula is C13H11BrClF2NOS. The van der Waals surface area contributed by atoms with E-state index in [0.29, 0.717) is 23.4 Å². The zero-order chi connectivity index (χ0) is 14.5. The van der Waals surface area contributed by atoms with E-state index in [0.717, 1.165) is 23.2 Å². The van der Waals surface area contributed by atoms with Gasteiger partial charge in [-0.25, -0.2) is 9.37 Å². The minimum atomic E-state index is -0.966. The number of rotatable bonds is 6. The summed E-state index contributed by atoms with van der Waals surface area (Å²) in [6, 6.07) is 2.47. The molecule has 0 saturated carbocycles. The number of thiazole rings is 1. The molecular weight excluding hydrogens is 372 g/mol. The van der Waals surface area contributed by atoms with E-state index in [2.05, 4.69) is 20.9 Å². The molecule has 7 heteroatoms. The first-order valence-corrected chi connectivity index (χ1v) is 8.07. The van der Waals surface area contributed by atoms with Crippen LogP contribution in [0.4, 0.5) is 8.78 Å². The van der Waals surface area contributed by atoms with Crippen LogP contribution < -0.4 is 4.74 Å². The Kier molecular flexibility index (Phi) is 5.74. The quantitative estimate of drug-likeness (QED) is 0.401. The summed E-state index contributed by atoms with van der Waals surface area (Å²) >= 11 is 10.3. The van der Waals surface area contributed by atoms with Crippen molar-refractivity contribution in [3.05, 3.63) is 44.3 Å². The van der Waals surface area contributed by atoms with Crippen molar-refractivity contribution in [2.24, 2.45) is 0 Å². The topological polar surface area (TPSA) is 22.1 Å². The normalized spacial score (nSPS) is 10.8. The molecule has 1 aromatic carbocycles. The third kappa shape index (κ3) is 4.14. The first-order chi connectivity index (χ1) is 9.60. The third-order valence-electron chi connectivity index (χ3n) is 2.49. The van der Waals surface area contributed by atoms with Gasteiger partial charge in [-0.2, -0.15) is 4.39 Å². The number of hydrogen-bond acceptors (Lipinski definition) is 3. The van der Waals surface area contributed by atoms with Crippen molar-refractivity contribution in [1.29, 1.82) is 0 Å². The van der Waals surface area contributed by atoms with E-state index in [4.69, 9.17) is 16.3 Å². The van der Waals surface area contributed by atoms with Crippen molar-refractivity contribution in [2.45, 2.75) is 18.7 Å². The molecule has 0 spiro atoms. The number of hydrogen-bond donors (Lipinski definition) is 0. The number of aryl methyl sites for hydroxylation is 1. The zero-order valence-electron chi connectivity index (χ0n) is 10.3. The summed E-state index contributed by atoms with van der Waals surface area (Å²) in [4.78, 5) is 4.31. The van der Waals surface area contributed by atoms with Gasteiger partial charge in [0.1, 0.15) is 0 Å². The van der Waals surface area contributed by atoms with Crippen molar-refractivity contribution < 1.29 is 13.5 Å². The Hall–Kier alpha value is -0.720. The summed E-state index contributed by atoms with van der Waals surface area (Å²) in [5, 5.41) is 2.87. The zero-order valence-corrected chi connectivity index (χ0v) is 13.5. The first-order valence-electron chi connectivity index (χ1n) is 5.86. The Labute approximate surface area is 132 Å². The Morgan fingerprint density at radius 1 is 1.35 bits per heavy atom. The molecule has 0 aliphatic heterocycles. The highest BCUT2D eigenvalue weighted by atomic mass is 79.9. The molecule has 0 aliphatic rings. The van der Waals surface area contributed by atoms with Crippen molar-refractivity contribution in [3.63, 3.8) is 0 Å². The summed E-state index contributed by atoms with van der Waals surface area (Å²) in [5.41, 5.74) is 0.854. The summed E-state index contributed by atoms with van der Waals surface area (Å²) in [5.74, 6) is -1.58. The van der Waals surface area contributed by atoms with E-state index < -0.39 is 11.6 Å². The molecule has 0 N–H and O–H groups in total. The number of alkyl halides is 1. The number of aromatic nitrogens is 1. The highest BCUT2D eigenvalue weighted by Gasteiger charge is 2.11. The fraction of sp³-hybridized carbons (Fsp3) is 0.308. The second kappa shape index (κ2) is 7.33.